The molecule has 0 fully saturated rings. The molecule has 0 aliphatic rings. The molecule has 2 aromatic rings. The summed E-state index contributed by atoms with van der Waals surface area (Å²) in [6.07, 6.45) is 1.75. The van der Waals surface area contributed by atoms with Gasteiger partial charge in [0, 0.05) is 18.8 Å². The van der Waals surface area contributed by atoms with Gasteiger partial charge in [-0.1, -0.05) is 17.7 Å². The van der Waals surface area contributed by atoms with E-state index in [1.165, 1.54) is 0 Å². The van der Waals surface area contributed by atoms with Crippen LogP contribution in [0.5, 0.6) is 0 Å². The second-order valence-electron chi connectivity index (χ2n) is 4.89. The van der Waals surface area contributed by atoms with E-state index in [9.17, 15) is 4.79 Å². The van der Waals surface area contributed by atoms with Crippen LogP contribution in [0.1, 0.15) is 29.9 Å². The van der Waals surface area contributed by atoms with Gasteiger partial charge in [-0.3, -0.25) is 4.79 Å². The van der Waals surface area contributed by atoms with E-state index in [-0.39, 0.29) is 5.91 Å². The fourth-order valence-electron chi connectivity index (χ4n) is 2.13. The Bertz CT molecular complexity index is 586. The van der Waals surface area contributed by atoms with E-state index in [1.54, 1.807) is 12.3 Å². The molecule has 1 aromatic carbocycles. The van der Waals surface area contributed by atoms with E-state index in [0.29, 0.717) is 5.69 Å². The van der Waals surface area contributed by atoms with Gasteiger partial charge in [-0.05, 0) is 45.0 Å². The van der Waals surface area contributed by atoms with Crippen molar-refractivity contribution >= 4 is 17.3 Å². The van der Waals surface area contributed by atoms with Crippen molar-refractivity contribution in [3.63, 3.8) is 0 Å². The molecular formula is C17H21N3O. The lowest BCUT2D eigenvalue weighted by atomic mass is 10.2. The lowest BCUT2D eigenvalue weighted by molar-refractivity contribution is 0.102. The Hall–Kier alpha value is -2.36. The number of carbonyl (C=O) groups is 1. The Morgan fingerprint density at radius 2 is 1.76 bits per heavy atom. The lowest BCUT2D eigenvalue weighted by Gasteiger charge is -2.20. The summed E-state index contributed by atoms with van der Waals surface area (Å²) in [5.41, 5.74) is 3.40. The van der Waals surface area contributed by atoms with Gasteiger partial charge in [-0.25, -0.2) is 4.98 Å². The van der Waals surface area contributed by atoms with Crippen molar-refractivity contribution in [1.29, 1.82) is 0 Å². The Labute approximate surface area is 125 Å². The molecular weight excluding hydrogens is 262 g/mol. The molecule has 0 spiro atoms. The zero-order valence-electron chi connectivity index (χ0n) is 12.8. The van der Waals surface area contributed by atoms with E-state index in [2.05, 4.69) is 29.0 Å². The van der Waals surface area contributed by atoms with Gasteiger partial charge in [-0.2, -0.15) is 0 Å². The SMILES string of the molecule is CCN(CC)c1ccc(C(=O)Nc2ccc(C)cc2)nc1. The molecule has 0 saturated heterocycles. The number of anilines is 2. The molecule has 4 nitrogen and oxygen atoms in total. The zero-order valence-corrected chi connectivity index (χ0v) is 12.8. The number of nitrogens with one attached hydrogen (secondary N) is 1. The maximum atomic E-state index is 12.1. The number of rotatable bonds is 5. The largest absolute Gasteiger partial charge is 0.371 e. The van der Waals surface area contributed by atoms with Gasteiger partial charge in [0.05, 0.1) is 11.9 Å². The normalized spacial score (nSPS) is 10.2. The number of pyridine rings is 1. The topological polar surface area (TPSA) is 45.2 Å². The van der Waals surface area contributed by atoms with E-state index in [0.717, 1.165) is 30.0 Å². The van der Waals surface area contributed by atoms with Crippen molar-refractivity contribution in [2.75, 3.05) is 23.3 Å². The van der Waals surface area contributed by atoms with Gasteiger partial charge in [0.25, 0.3) is 5.91 Å². The summed E-state index contributed by atoms with van der Waals surface area (Å²) in [5.74, 6) is -0.190. The Kier molecular flexibility index (Phi) is 4.93. The highest BCUT2D eigenvalue weighted by atomic mass is 16.1. The van der Waals surface area contributed by atoms with Crippen molar-refractivity contribution in [3.8, 4) is 0 Å². The zero-order chi connectivity index (χ0) is 15.2. The van der Waals surface area contributed by atoms with Crippen molar-refractivity contribution < 1.29 is 4.79 Å². The number of aromatic nitrogens is 1. The summed E-state index contributed by atoms with van der Waals surface area (Å²) in [6.45, 7) is 8.06. The van der Waals surface area contributed by atoms with E-state index < -0.39 is 0 Å². The number of amides is 1. The molecule has 4 heteroatoms. The first-order valence-electron chi connectivity index (χ1n) is 7.23. The minimum atomic E-state index is -0.190. The van der Waals surface area contributed by atoms with Crippen LogP contribution < -0.4 is 10.2 Å². The van der Waals surface area contributed by atoms with Crippen LogP contribution in [0, 0.1) is 6.92 Å². The number of carbonyl (C=O) groups excluding carboxylic acids is 1. The first kappa shape index (κ1) is 15.0. The summed E-state index contributed by atoms with van der Waals surface area (Å²) in [7, 11) is 0. The fourth-order valence-corrected chi connectivity index (χ4v) is 2.13. The molecule has 0 aliphatic carbocycles. The first-order valence-corrected chi connectivity index (χ1v) is 7.23. The van der Waals surface area contributed by atoms with Crippen molar-refractivity contribution in [2.24, 2.45) is 0 Å². The van der Waals surface area contributed by atoms with Crippen LogP contribution in [-0.2, 0) is 0 Å². The molecule has 1 aromatic heterocycles. The molecule has 2 rings (SSSR count). The predicted molar refractivity (Wildman–Crippen MR) is 86.9 cm³/mol. The molecule has 0 unspecified atom stereocenters. The fraction of sp³-hybridized carbons (Fsp3) is 0.294. The molecule has 0 radical (unpaired) electrons. The molecule has 0 saturated carbocycles. The maximum Gasteiger partial charge on any atom is 0.274 e. The van der Waals surface area contributed by atoms with Crippen LogP contribution in [0.3, 0.4) is 0 Å². The minimum Gasteiger partial charge on any atom is -0.371 e. The average Bonchev–Trinajstić information content (AvgIpc) is 2.51. The first-order chi connectivity index (χ1) is 10.1. The van der Waals surface area contributed by atoms with E-state index >= 15 is 0 Å². The van der Waals surface area contributed by atoms with Crippen LogP contribution in [0.4, 0.5) is 11.4 Å². The second kappa shape index (κ2) is 6.88. The van der Waals surface area contributed by atoms with E-state index in [1.807, 2.05) is 37.3 Å². The number of nitrogens with zero attached hydrogens (tertiary/aromatic N) is 2. The summed E-state index contributed by atoms with van der Waals surface area (Å²) >= 11 is 0. The third kappa shape index (κ3) is 3.81. The second-order valence-corrected chi connectivity index (χ2v) is 4.89. The quantitative estimate of drug-likeness (QED) is 0.913. The van der Waals surface area contributed by atoms with Gasteiger partial charge in [-0.15, -0.1) is 0 Å². The molecule has 1 N–H and O–H groups in total. The summed E-state index contributed by atoms with van der Waals surface area (Å²) < 4.78 is 0. The Balaban J connectivity index is 2.07. The van der Waals surface area contributed by atoms with E-state index in [4.69, 9.17) is 0 Å². The van der Waals surface area contributed by atoms with Gasteiger partial charge >= 0.3 is 0 Å². The number of hydrogen-bond donors (Lipinski definition) is 1. The summed E-state index contributed by atoms with van der Waals surface area (Å²) in [4.78, 5) is 18.6. The standard InChI is InChI=1S/C17H21N3O/c1-4-20(5-2)15-10-11-16(18-12-15)17(21)19-14-8-6-13(3)7-9-14/h6-12H,4-5H2,1-3H3,(H,19,21). The minimum absolute atomic E-state index is 0.190. The molecule has 1 heterocycles. The number of benzene rings is 1. The monoisotopic (exact) mass is 283 g/mol. The highest BCUT2D eigenvalue weighted by molar-refractivity contribution is 6.02. The summed E-state index contributed by atoms with van der Waals surface area (Å²) in [6, 6.07) is 11.4. The third-order valence-corrected chi connectivity index (χ3v) is 3.42. The highest BCUT2D eigenvalue weighted by Gasteiger charge is 2.09. The van der Waals surface area contributed by atoms with Crippen LogP contribution in [0.15, 0.2) is 42.6 Å². The average molecular weight is 283 g/mol. The molecule has 0 aliphatic heterocycles. The van der Waals surface area contributed by atoms with Gasteiger partial charge in [0.15, 0.2) is 0 Å². The van der Waals surface area contributed by atoms with Crippen molar-refractivity contribution in [1.82, 2.24) is 4.98 Å². The highest BCUT2D eigenvalue weighted by Crippen LogP contribution is 2.14. The molecule has 110 valence electrons. The summed E-state index contributed by atoms with van der Waals surface area (Å²) in [5, 5.41) is 2.85. The van der Waals surface area contributed by atoms with Crippen LogP contribution in [0.25, 0.3) is 0 Å². The molecule has 1 amide bonds. The van der Waals surface area contributed by atoms with Crippen molar-refractivity contribution in [2.45, 2.75) is 20.8 Å². The molecule has 0 bridgehead atoms. The predicted octanol–water partition coefficient (Wildman–Crippen LogP) is 3.49. The maximum absolute atomic E-state index is 12.1. The van der Waals surface area contributed by atoms with Gasteiger partial charge in [0.2, 0.25) is 0 Å². The number of hydrogen-bond acceptors (Lipinski definition) is 3. The smallest absolute Gasteiger partial charge is 0.274 e. The Morgan fingerprint density at radius 1 is 1.10 bits per heavy atom. The Morgan fingerprint density at radius 3 is 2.29 bits per heavy atom. The van der Waals surface area contributed by atoms with Gasteiger partial charge in [0.1, 0.15) is 5.69 Å². The van der Waals surface area contributed by atoms with Crippen LogP contribution >= 0.6 is 0 Å². The van der Waals surface area contributed by atoms with Crippen LogP contribution in [0.2, 0.25) is 0 Å². The lowest BCUT2D eigenvalue weighted by Crippen LogP contribution is -2.22. The van der Waals surface area contributed by atoms with Gasteiger partial charge < -0.3 is 10.2 Å². The number of aryl methyl sites for hydroxylation is 1. The van der Waals surface area contributed by atoms with Crippen molar-refractivity contribution in [3.05, 3.63) is 53.9 Å². The van der Waals surface area contributed by atoms with Crippen LogP contribution in [-0.4, -0.2) is 24.0 Å². The molecule has 0 atom stereocenters. The molecule has 21 heavy (non-hydrogen) atoms. The third-order valence-electron chi connectivity index (χ3n) is 3.42.